The Balaban J connectivity index is 1.46. The molecule has 0 unspecified atom stereocenters. The summed E-state index contributed by atoms with van der Waals surface area (Å²) in [5.41, 5.74) is 7.58. The molecule has 1 N–H and O–H groups in total. The lowest BCUT2D eigenvalue weighted by Gasteiger charge is -2.11. The molecule has 0 aliphatic carbocycles. The SMILES string of the molecule is CC#CN1CCc2cc(-c3ccc(C(=O)NCc4cnccc4C)cc3)ccc21. The molecule has 1 aliphatic rings. The van der Waals surface area contributed by atoms with Crippen LogP contribution in [0.5, 0.6) is 0 Å². The van der Waals surface area contributed by atoms with Crippen molar-refractivity contribution < 1.29 is 4.79 Å². The first-order chi connectivity index (χ1) is 14.2. The van der Waals surface area contributed by atoms with Crippen molar-refractivity contribution in [3.8, 4) is 23.1 Å². The van der Waals surface area contributed by atoms with Crippen LogP contribution in [0.15, 0.2) is 60.9 Å². The van der Waals surface area contributed by atoms with Gasteiger partial charge in [0.2, 0.25) is 0 Å². The van der Waals surface area contributed by atoms with E-state index < -0.39 is 0 Å². The van der Waals surface area contributed by atoms with E-state index in [4.69, 9.17) is 0 Å². The smallest absolute Gasteiger partial charge is 0.251 e. The number of pyridine rings is 1. The number of hydrogen-bond acceptors (Lipinski definition) is 3. The number of anilines is 1. The van der Waals surface area contributed by atoms with Gasteiger partial charge in [-0.15, -0.1) is 0 Å². The number of aryl methyl sites for hydroxylation is 1. The zero-order chi connectivity index (χ0) is 20.2. The summed E-state index contributed by atoms with van der Waals surface area (Å²) >= 11 is 0. The second kappa shape index (κ2) is 8.20. The van der Waals surface area contributed by atoms with Crippen molar-refractivity contribution in [2.24, 2.45) is 0 Å². The van der Waals surface area contributed by atoms with Gasteiger partial charge in [-0.2, -0.15) is 0 Å². The van der Waals surface area contributed by atoms with Crippen molar-refractivity contribution in [3.05, 3.63) is 83.2 Å². The van der Waals surface area contributed by atoms with Crippen molar-refractivity contribution in [2.45, 2.75) is 26.8 Å². The molecular weight excluding hydrogens is 358 g/mol. The highest BCUT2D eigenvalue weighted by Gasteiger charge is 2.18. The van der Waals surface area contributed by atoms with E-state index in [-0.39, 0.29) is 5.91 Å². The van der Waals surface area contributed by atoms with Crippen LogP contribution in [0.4, 0.5) is 5.69 Å². The number of rotatable bonds is 4. The van der Waals surface area contributed by atoms with Gasteiger partial charge in [0, 0.05) is 37.1 Å². The maximum absolute atomic E-state index is 12.5. The summed E-state index contributed by atoms with van der Waals surface area (Å²) in [6, 6.07) is 19.3. The predicted molar refractivity (Wildman–Crippen MR) is 117 cm³/mol. The maximum Gasteiger partial charge on any atom is 0.251 e. The standard InChI is InChI=1S/C25H23N3O/c1-3-13-28-14-11-22-15-21(8-9-24(22)28)19-4-6-20(7-5-19)25(29)27-17-23-16-26-12-10-18(23)2/h4-10,12,15-16H,11,14,17H2,1-2H3,(H,27,29). The van der Waals surface area contributed by atoms with Gasteiger partial charge < -0.3 is 10.2 Å². The lowest BCUT2D eigenvalue weighted by molar-refractivity contribution is 0.0951. The van der Waals surface area contributed by atoms with E-state index in [0.717, 1.165) is 35.2 Å². The number of aromatic nitrogens is 1. The van der Waals surface area contributed by atoms with E-state index in [1.54, 1.807) is 12.4 Å². The number of carbonyl (C=O) groups excluding carboxylic acids is 1. The molecule has 0 saturated heterocycles. The summed E-state index contributed by atoms with van der Waals surface area (Å²) in [4.78, 5) is 18.7. The molecule has 3 aromatic rings. The first-order valence-electron chi connectivity index (χ1n) is 9.76. The maximum atomic E-state index is 12.5. The third-order valence-electron chi connectivity index (χ3n) is 5.29. The first kappa shape index (κ1) is 18.8. The van der Waals surface area contributed by atoms with Crippen LogP contribution in [-0.2, 0) is 13.0 Å². The quantitative estimate of drug-likeness (QED) is 0.684. The fourth-order valence-electron chi connectivity index (χ4n) is 3.61. The molecular formula is C25H23N3O. The monoisotopic (exact) mass is 381 g/mol. The summed E-state index contributed by atoms with van der Waals surface area (Å²) in [5.74, 6) is 2.89. The Hall–Kier alpha value is -3.58. The number of benzene rings is 2. The van der Waals surface area contributed by atoms with Gasteiger partial charge in [-0.1, -0.05) is 24.1 Å². The van der Waals surface area contributed by atoms with Crippen molar-refractivity contribution in [1.82, 2.24) is 10.3 Å². The van der Waals surface area contributed by atoms with Crippen LogP contribution in [0.3, 0.4) is 0 Å². The summed E-state index contributed by atoms with van der Waals surface area (Å²) in [6.07, 6.45) is 4.55. The van der Waals surface area contributed by atoms with Gasteiger partial charge in [-0.05, 0) is 78.4 Å². The van der Waals surface area contributed by atoms with Crippen LogP contribution in [0, 0.1) is 18.9 Å². The predicted octanol–water partition coefficient (Wildman–Crippen LogP) is 4.33. The number of nitrogens with zero attached hydrogens (tertiary/aromatic N) is 2. The minimum Gasteiger partial charge on any atom is -0.348 e. The fourth-order valence-corrected chi connectivity index (χ4v) is 3.61. The molecule has 1 amide bonds. The average molecular weight is 381 g/mol. The number of carbonyl (C=O) groups is 1. The summed E-state index contributed by atoms with van der Waals surface area (Å²) in [6.45, 7) is 5.29. The first-order valence-corrected chi connectivity index (χ1v) is 9.76. The van der Waals surface area contributed by atoms with Gasteiger partial charge in [0.05, 0.1) is 5.69 Å². The molecule has 0 saturated carbocycles. The van der Waals surface area contributed by atoms with Gasteiger partial charge in [0.1, 0.15) is 0 Å². The minimum absolute atomic E-state index is 0.0810. The highest BCUT2D eigenvalue weighted by atomic mass is 16.1. The van der Waals surface area contributed by atoms with Gasteiger partial charge in [-0.3, -0.25) is 9.78 Å². The molecule has 29 heavy (non-hydrogen) atoms. The largest absolute Gasteiger partial charge is 0.348 e. The van der Waals surface area contributed by atoms with E-state index in [2.05, 4.69) is 45.4 Å². The second-order valence-corrected chi connectivity index (χ2v) is 7.17. The summed E-state index contributed by atoms with van der Waals surface area (Å²) in [5, 5.41) is 2.97. The third kappa shape index (κ3) is 4.00. The molecule has 4 nitrogen and oxygen atoms in total. The van der Waals surface area contributed by atoms with Crippen molar-refractivity contribution in [3.63, 3.8) is 0 Å². The van der Waals surface area contributed by atoms with Crippen LogP contribution in [0.1, 0.15) is 34.0 Å². The van der Waals surface area contributed by atoms with Gasteiger partial charge in [0.15, 0.2) is 0 Å². The summed E-state index contributed by atoms with van der Waals surface area (Å²) in [7, 11) is 0. The van der Waals surface area contributed by atoms with Crippen LogP contribution in [-0.4, -0.2) is 17.4 Å². The number of hydrogen-bond donors (Lipinski definition) is 1. The molecule has 0 radical (unpaired) electrons. The van der Waals surface area contributed by atoms with Gasteiger partial charge >= 0.3 is 0 Å². The Kier molecular flexibility index (Phi) is 5.31. The molecule has 1 aromatic heterocycles. The van der Waals surface area contributed by atoms with E-state index in [0.29, 0.717) is 12.1 Å². The minimum atomic E-state index is -0.0810. The number of fused-ring (bicyclic) bond motifs is 1. The fraction of sp³-hybridized carbons (Fsp3) is 0.200. The van der Waals surface area contributed by atoms with E-state index in [1.807, 2.05) is 44.2 Å². The Morgan fingerprint density at radius 1 is 1.14 bits per heavy atom. The van der Waals surface area contributed by atoms with Crippen LogP contribution in [0.25, 0.3) is 11.1 Å². The zero-order valence-electron chi connectivity index (χ0n) is 16.7. The number of amides is 1. The van der Waals surface area contributed by atoms with Crippen molar-refractivity contribution in [2.75, 3.05) is 11.4 Å². The van der Waals surface area contributed by atoms with Crippen molar-refractivity contribution in [1.29, 1.82) is 0 Å². The van der Waals surface area contributed by atoms with Crippen LogP contribution < -0.4 is 10.2 Å². The molecule has 0 bridgehead atoms. The average Bonchev–Trinajstić information content (AvgIpc) is 3.15. The molecule has 2 heterocycles. The molecule has 0 fully saturated rings. The molecule has 144 valence electrons. The lowest BCUT2D eigenvalue weighted by atomic mass is 10.0. The molecule has 2 aromatic carbocycles. The Morgan fingerprint density at radius 3 is 2.69 bits per heavy atom. The Morgan fingerprint density at radius 2 is 1.93 bits per heavy atom. The van der Waals surface area contributed by atoms with Crippen molar-refractivity contribution >= 4 is 11.6 Å². The highest BCUT2D eigenvalue weighted by Crippen LogP contribution is 2.32. The normalized spacial score (nSPS) is 12.1. The molecule has 0 spiro atoms. The second-order valence-electron chi connectivity index (χ2n) is 7.17. The zero-order valence-corrected chi connectivity index (χ0v) is 16.7. The molecule has 4 heteroatoms. The van der Waals surface area contributed by atoms with Gasteiger partial charge in [0.25, 0.3) is 5.91 Å². The Labute approximate surface area is 171 Å². The van der Waals surface area contributed by atoms with Crippen LogP contribution in [0.2, 0.25) is 0 Å². The number of nitrogens with one attached hydrogen (secondary N) is 1. The van der Waals surface area contributed by atoms with E-state index >= 15 is 0 Å². The Bertz CT molecular complexity index is 1110. The summed E-state index contributed by atoms with van der Waals surface area (Å²) < 4.78 is 0. The molecule has 1 aliphatic heterocycles. The topological polar surface area (TPSA) is 45.2 Å². The van der Waals surface area contributed by atoms with Gasteiger partial charge in [-0.25, -0.2) is 0 Å². The highest BCUT2D eigenvalue weighted by molar-refractivity contribution is 5.94. The molecule has 4 rings (SSSR count). The third-order valence-corrected chi connectivity index (χ3v) is 5.29. The van der Waals surface area contributed by atoms with Crippen LogP contribution >= 0.6 is 0 Å². The lowest BCUT2D eigenvalue weighted by Crippen LogP contribution is -2.23. The van der Waals surface area contributed by atoms with E-state index in [9.17, 15) is 4.79 Å². The molecule has 0 atom stereocenters. The van der Waals surface area contributed by atoms with E-state index in [1.165, 1.54) is 11.3 Å².